The second-order valence-electron chi connectivity index (χ2n) is 7.78. The molecule has 0 aliphatic carbocycles. The van der Waals surface area contributed by atoms with Crippen molar-refractivity contribution in [1.82, 2.24) is 10.3 Å². The number of amides is 1. The van der Waals surface area contributed by atoms with Crippen LogP contribution in [0.4, 0.5) is 0 Å². The lowest BCUT2D eigenvalue weighted by atomic mass is 9.79. The lowest BCUT2D eigenvalue weighted by Gasteiger charge is -2.27. The Kier molecular flexibility index (Phi) is 7.21. The van der Waals surface area contributed by atoms with E-state index in [9.17, 15) is 9.59 Å². The van der Waals surface area contributed by atoms with Gasteiger partial charge in [0.05, 0.1) is 20.6 Å². The van der Waals surface area contributed by atoms with E-state index in [1.165, 1.54) is 0 Å². The molecule has 0 unspecified atom stereocenters. The number of nitrogens with zero attached hydrogens (tertiary/aromatic N) is 1. The van der Waals surface area contributed by atoms with Gasteiger partial charge in [-0.1, -0.05) is 55.8 Å². The second-order valence-corrected chi connectivity index (χ2v) is 8.90. The van der Waals surface area contributed by atoms with Gasteiger partial charge in [-0.15, -0.1) is 11.3 Å². The number of hydrogen-bond acceptors (Lipinski definition) is 5. The van der Waals surface area contributed by atoms with Crippen molar-refractivity contribution in [3.63, 3.8) is 0 Å². The standard InChI is InChI=1S/C24H28N2O3S/c1-4-10-17(2)25-21(27)16-29-23(28)24(3,18-11-6-5-7-12-18)15-22-26-19-13-8-9-14-20(19)30-22/h5-9,11-14,17H,4,10,15-16H2,1-3H3,(H,25,27)/t17-,24+/m1/s1. The molecule has 158 valence electrons. The number of fused-ring (bicyclic) bond motifs is 1. The van der Waals surface area contributed by atoms with Crippen LogP contribution in [0.15, 0.2) is 54.6 Å². The number of esters is 1. The molecule has 3 aromatic rings. The van der Waals surface area contributed by atoms with E-state index in [2.05, 4.69) is 12.2 Å². The average molecular weight is 425 g/mol. The van der Waals surface area contributed by atoms with E-state index in [1.54, 1.807) is 11.3 Å². The van der Waals surface area contributed by atoms with Crippen LogP contribution in [0.2, 0.25) is 0 Å². The van der Waals surface area contributed by atoms with Crippen LogP contribution in [0.1, 0.15) is 44.2 Å². The first-order valence-electron chi connectivity index (χ1n) is 10.3. The van der Waals surface area contributed by atoms with Gasteiger partial charge in [-0.2, -0.15) is 0 Å². The maximum absolute atomic E-state index is 13.2. The Hall–Kier alpha value is -2.73. The Morgan fingerprint density at radius 3 is 2.53 bits per heavy atom. The molecule has 0 bridgehead atoms. The number of carbonyl (C=O) groups excluding carboxylic acids is 2. The van der Waals surface area contributed by atoms with Crippen molar-refractivity contribution in [3.8, 4) is 0 Å². The summed E-state index contributed by atoms with van der Waals surface area (Å²) in [5.74, 6) is -0.703. The molecule has 0 fully saturated rings. The van der Waals surface area contributed by atoms with E-state index in [0.717, 1.165) is 33.6 Å². The summed E-state index contributed by atoms with van der Waals surface area (Å²) in [6, 6.07) is 17.5. The van der Waals surface area contributed by atoms with Crippen LogP contribution in [-0.2, 0) is 26.2 Å². The lowest BCUT2D eigenvalue weighted by molar-refractivity contribution is -0.154. The molecule has 0 saturated carbocycles. The maximum atomic E-state index is 13.2. The van der Waals surface area contributed by atoms with Crippen LogP contribution < -0.4 is 5.32 Å². The Bertz CT molecular complexity index is 969. The molecule has 30 heavy (non-hydrogen) atoms. The normalized spacial score (nSPS) is 14.1. The van der Waals surface area contributed by atoms with Crippen molar-refractivity contribution in [3.05, 3.63) is 65.2 Å². The number of ether oxygens (including phenoxy) is 1. The molecule has 2 aromatic carbocycles. The smallest absolute Gasteiger partial charge is 0.317 e. The first kappa shape index (κ1) is 22.0. The van der Waals surface area contributed by atoms with Crippen LogP contribution in [0.5, 0.6) is 0 Å². The number of para-hydroxylation sites is 1. The van der Waals surface area contributed by atoms with Crippen molar-refractivity contribution in [2.45, 2.75) is 51.5 Å². The minimum Gasteiger partial charge on any atom is -0.455 e. The molecule has 6 heteroatoms. The molecule has 0 aliphatic heterocycles. The van der Waals surface area contributed by atoms with E-state index < -0.39 is 11.4 Å². The quantitative estimate of drug-likeness (QED) is 0.508. The number of benzene rings is 2. The van der Waals surface area contributed by atoms with Gasteiger partial charge in [0.25, 0.3) is 5.91 Å². The van der Waals surface area contributed by atoms with Gasteiger partial charge in [-0.3, -0.25) is 9.59 Å². The first-order valence-corrected chi connectivity index (χ1v) is 11.1. The van der Waals surface area contributed by atoms with Gasteiger partial charge in [0.1, 0.15) is 0 Å². The molecule has 0 aliphatic rings. The molecule has 0 saturated heterocycles. The van der Waals surface area contributed by atoms with E-state index in [-0.39, 0.29) is 18.6 Å². The second kappa shape index (κ2) is 9.85. The van der Waals surface area contributed by atoms with Crippen LogP contribution in [0.3, 0.4) is 0 Å². The molecule has 1 N–H and O–H groups in total. The Morgan fingerprint density at radius 1 is 1.13 bits per heavy atom. The van der Waals surface area contributed by atoms with E-state index >= 15 is 0 Å². The topological polar surface area (TPSA) is 68.3 Å². The summed E-state index contributed by atoms with van der Waals surface area (Å²) >= 11 is 1.58. The number of hydrogen-bond donors (Lipinski definition) is 1. The summed E-state index contributed by atoms with van der Waals surface area (Å²) in [6.45, 7) is 5.59. The van der Waals surface area contributed by atoms with E-state index in [0.29, 0.717) is 6.42 Å². The molecule has 0 radical (unpaired) electrons. The van der Waals surface area contributed by atoms with Gasteiger partial charge in [-0.25, -0.2) is 4.98 Å². The zero-order chi connectivity index (χ0) is 21.6. The zero-order valence-corrected chi connectivity index (χ0v) is 18.5. The monoisotopic (exact) mass is 424 g/mol. The summed E-state index contributed by atoms with van der Waals surface area (Å²) in [5.41, 5.74) is 0.823. The number of nitrogens with one attached hydrogen (secondary N) is 1. The van der Waals surface area contributed by atoms with Gasteiger partial charge in [-0.05, 0) is 38.0 Å². The molecule has 5 nitrogen and oxygen atoms in total. The van der Waals surface area contributed by atoms with Gasteiger partial charge < -0.3 is 10.1 Å². The first-order chi connectivity index (χ1) is 14.4. The fourth-order valence-electron chi connectivity index (χ4n) is 3.51. The average Bonchev–Trinajstić information content (AvgIpc) is 3.14. The molecular formula is C24H28N2O3S. The number of rotatable bonds is 9. The van der Waals surface area contributed by atoms with Crippen molar-refractivity contribution < 1.29 is 14.3 Å². The SMILES string of the molecule is CCC[C@@H](C)NC(=O)COC(=O)[C@@](C)(Cc1nc2ccccc2s1)c1ccccc1. The number of thiazole rings is 1. The highest BCUT2D eigenvalue weighted by Gasteiger charge is 2.38. The maximum Gasteiger partial charge on any atom is 0.317 e. The van der Waals surface area contributed by atoms with Crippen LogP contribution in [-0.4, -0.2) is 29.5 Å². The number of aromatic nitrogens is 1. The highest BCUT2D eigenvalue weighted by Crippen LogP contribution is 2.33. The predicted octanol–water partition coefficient (Wildman–Crippen LogP) is 4.64. The Morgan fingerprint density at radius 2 is 1.83 bits per heavy atom. The summed E-state index contributed by atoms with van der Waals surface area (Å²) in [4.78, 5) is 30.0. The fourth-order valence-corrected chi connectivity index (χ4v) is 4.63. The third-order valence-electron chi connectivity index (χ3n) is 5.17. The third-order valence-corrected chi connectivity index (χ3v) is 6.20. The third kappa shape index (κ3) is 5.25. The molecule has 1 heterocycles. The Balaban J connectivity index is 1.78. The molecule has 2 atom stereocenters. The van der Waals surface area contributed by atoms with Gasteiger partial charge in [0.15, 0.2) is 6.61 Å². The van der Waals surface area contributed by atoms with Crippen LogP contribution in [0.25, 0.3) is 10.2 Å². The van der Waals surface area contributed by atoms with Crippen molar-refractivity contribution in [2.75, 3.05) is 6.61 Å². The van der Waals surface area contributed by atoms with Gasteiger partial charge in [0, 0.05) is 12.5 Å². The highest BCUT2D eigenvalue weighted by atomic mass is 32.1. The van der Waals surface area contributed by atoms with Crippen LogP contribution >= 0.6 is 11.3 Å². The summed E-state index contributed by atoms with van der Waals surface area (Å²) < 4.78 is 6.56. The van der Waals surface area contributed by atoms with E-state index in [1.807, 2.05) is 68.4 Å². The minimum atomic E-state index is -0.940. The number of carbonyl (C=O) groups is 2. The summed E-state index contributed by atoms with van der Waals surface area (Å²) in [7, 11) is 0. The fraction of sp³-hybridized carbons (Fsp3) is 0.375. The summed E-state index contributed by atoms with van der Waals surface area (Å²) in [6.07, 6.45) is 2.28. The Labute approximate surface area is 181 Å². The van der Waals surface area contributed by atoms with Gasteiger partial charge in [0.2, 0.25) is 0 Å². The zero-order valence-electron chi connectivity index (χ0n) is 17.7. The molecule has 1 amide bonds. The molecule has 1 aromatic heterocycles. The van der Waals surface area contributed by atoms with E-state index in [4.69, 9.17) is 9.72 Å². The van der Waals surface area contributed by atoms with Crippen molar-refractivity contribution in [1.29, 1.82) is 0 Å². The summed E-state index contributed by atoms with van der Waals surface area (Å²) in [5, 5.41) is 3.73. The minimum absolute atomic E-state index is 0.0597. The largest absolute Gasteiger partial charge is 0.455 e. The van der Waals surface area contributed by atoms with Crippen molar-refractivity contribution in [2.24, 2.45) is 0 Å². The van der Waals surface area contributed by atoms with Crippen LogP contribution in [0, 0.1) is 0 Å². The van der Waals surface area contributed by atoms with Gasteiger partial charge >= 0.3 is 5.97 Å². The molecular weight excluding hydrogens is 396 g/mol. The van der Waals surface area contributed by atoms with Crippen molar-refractivity contribution >= 4 is 33.4 Å². The molecule has 3 rings (SSSR count). The molecule has 0 spiro atoms. The lowest BCUT2D eigenvalue weighted by Crippen LogP contribution is -2.40. The highest BCUT2D eigenvalue weighted by molar-refractivity contribution is 7.18. The predicted molar refractivity (Wildman–Crippen MR) is 121 cm³/mol.